The van der Waals surface area contributed by atoms with Gasteiger partial charge in [0.2, 0.25) is 5.91 Å². The highest BCUT2D eigenvalue weighted by Gasteiger charge is 2.35. The molecule has 1 aliphatic rings. The lowest BCUT2D eigenvalue weighted by Crippen LogP contribution is -2.28. The van der Waals surface area contributed by atoms with Crippen LogP contribution in [0.4, 0.5) is 5.82 Å². The molecule has 30 heavy (non-hydrogen) atoms. The van der Waals surface area contributed by atoms with E-state index in [1.165, 1.54) is 23.2 Å². The number of anilines is 1. The number of amides is 1. The first kappa shape index (κ1) is 21.6. The van der Waals surface area contributed by atoms with Crippen molar-refractivity contribution in [2.24, 2.45) is 0 Å². The molecule has 1 saturated heterocycles. The van der Waals surface area contributed by atoms with Crippen molar-refractivity contribution in [3.63, 3.8) is 0 Å². The molecule has 2 aromatic rings. The summed E-state index contributed by atoms with van der Waals surface area (Å²) in [4.78, 5) is 34.5. The largest absolute Gasteiger partial charge is 0.390 e. The van der Waals surface area contributed by atoms with Crippen molar-refractivity contribution in [2.75, 3.05) is 18.4 Å². The van der Waals surface area contributed by atoms with Gasteiger partial charge in [-0.25, -0.2) is 9.78 Å². The van der Waals surface area contributed by atoms with Crippen LogP contribution in [0.1, 0.15) is 23.9 Å². The summed E-state index contributed by atoms with van der Waals surface area (Å²) in [6.45, 7) is 0.230. The lowest BCUT2D eigenvalue weighted by molar-refractivity contribution is -0.116. The minimum atomic E-state index is -0.829. The molecule has 0 aromatic carbocycles. The maximum atomic E-state index is 12.2. The second-order valence-electron chi connectivity index (χ2n) is 6.50. The normalized spacial score (nSPS) is 21.7. The van der Waals surface area contributed by atoms with E-state index in [0.29, 0.717) is 11.3 Å². The number of carbonyl (C=O) groups is 1. The van der Waals surface area contributed by atoms with E-state index in [1.807, 2.05) is 0 Å². The van der Waals surface area contributed by atoms with Gasteiger partial charge in [-0.15, -0.1) is 0 Å². The number of H-pyrrole nitrogens is 1. The summed E-state index contributed by atoms with van der Waals surface area (Å²) in [7, 11) is -0.145. The number of carbonyl (C=O) groups excluding carboxylic acids is 1. The summed E-state index contributed by atoms with van der Waals surface area (Å²) in [6, 6.07) is 0. The van der Waals surface area contributed by atoms with E-state index in [1.54, 1.807) is 24.4 Å². The van der Waals surface area contributed by atoms with Crippen LogP contribution in [0.25, 0.3) is 12.2 Å². The van der Waals surface area contributed by atoms with Crippen molar-refractivity contribution in [1.29, 1.82) is 0 Å². The van der Waals surface area contributed by atoms with Gasteiger partial charge >= 0.3 is 5.69 Å². The van der Waals surface area contributed by atoms with Crippen LogP contribution < -0.4 is 16.7 Å². The predicted octanol–water partition coefficient (Wildman–Crippen LogP) is 0.331. The molecule has 1 fully saturated rings. The zero-order chi connectivity index (χ0) is 21.5. The van der Waals surface area contributed by atoms with E-state index in [-0.39, 0.29) is 39.3 Å². The summed E-state index contributed by atoms with van der Waals surface area (Å²) < 4.78 is 17.6. The molecule has 3 heterocycles. The van der Waals surface area contributed by atoms with Crippen LogP contribution in [0.15, 0.2) is 35.7 Å². The fraction of sp³-hybridized carbons (Fsp3) is 0.333. The molecule has 1 amide bonds. The molecular weight excluding hydrogens is 411 g/mol. The maximum absolute atomic E-state index is 12.2. The second kappa shape index (κ2) is 10.1. The van der Waals surface area contributed by atoms with Crippen LogP contribution in [0.5, 0.6) is 0 Å². The predicted molar refractivity (Wildman–Crippen MR) is 110 cm³/mol. The molecule has 3 atom stereocenters. The van der Waals surface area contributed by atoms with Crippen LogP contribution in [-0.4, -0.2) is 55.4 Å². The van der Waals surface area contributed by atoms with E-state index in [2.05, 4.69) is 20.3 Å². The molecule has 0 saturated carbocycles. The Kier molecular flexibility index (Phi) is 7.23. The minimum Gasteiger partial charge on any atom is -0.390 e. The third-order valence-electron chi connectivity index (χ3n) is 4.41. The van der Waals surface area contributed by atoms with Gasteiger partial charge in [0.15, 0.2) is 8.46 Å². The number of aromatic nitrogens is 4. The average molecular weight is 432 g/mol. The van der Waals surface area contributed by atoms with Gasteiger partial charge < -0.3 is 25.9 Å². The SMILES string of the molecule is Nc1nc(=O)n(C2CC(O)C(CP=O)O2)cc1C=CCNC(=O)C=Cc1cnc[nH]1. The zero-order valence-corrected chi connectivity index (χ0v) is 16.7. The number of rotatable bonds is 8. The fourth-order valence-electron chi connectivity index (χ4n) is 2.88. The average Bonchev–Trinajstić information content (AvgIpc) is 3.35. The topological polar surface area (TPSA) is 165 Å². The smallest absolute Gasteiger partial charge is 0.351 e. The van der Waals surface area contributed by atoms with Crippen molar-refractivity contribution in [2.45, 2.75) is 24.9 Å². The summed E-state index contributed by atoms with van der Waals surface area (Å²) in [5.41, 5.74) is 6.37. The minimum absolute atomic E-state index is 0.0335. The molecule has 2 aromatic heterocycles. The Labute approximate surface area is 172 Å². The highest BCUT2D eigenvalue weighted by atomic mass is 31.1. The number of hydrogen-bond acceptors (Lipinski definition) is 8. The molecule has 158 valence electrons. The van der Waals surface area contributed by atoms with E-state index in [0.717, 1.165) is 0 Å². The number of imidazole rings is 1. The fourth-order valence-corrected chi connectivity index (χ4v) is 3.36. The summed E-state index contributed by atoms with van der Waals surface area (Å²) in [6.07, 6.45) is 8.96. The number of aliphatic hydroxyl groups excluding tert-OH is 1. The van der Waals surface area contributed by atoms with Crippen LogP contribution in [-0.2, 0) is 14.1 Å². The Bertz CT molecular complexity index is 1000. The van der Waals surface area contributed by atoms with E-state index in [4.69, 9.17) is 10.5 Å². The van der Waals surface area contributed by atoms with Gasteiger partial charge in [0.1, 0.15) is 12.0 Å². The number of nitrogens with two attached hydrogens (primary N) is 1. The Morgan fingerprint density at radius 1 is 1.50 bits per heavy atom. The van der Waals surface area contributed by atoms with Crippen LogP contribution in [0.2, 0.25) is 0 Å². The van der Waals surface area contributed by atoms with Crippen molar-refractivity contribution in [1.82, 2.24) is 24.8 Å². The number of aliphatic hydroxyl groups is 1. The Morgan fingerprint density at radius 3 is 3.07 bits per heavy atom. The molecule has 3 rings (SSSR count). The standard InChI is InChI=1S/C18H21N6O5P/c19-17-11(2-1-5-21-15(26)4-3-12-7-20-10-22-12)8-24(18(27)23-17)16-6-13(25)14(29-16)9-30-28/h1-4,7-8,10,13-14,16,25H,5-6,9H2,(H,20,22)(H,21,26)(H2,19,23,27). The summed E-state index contributed by atoms with van der Waals surface area (Å²) >= 11 is 0. The molecule has 0 spiro atoms. The molecule has 0 radical (unpaired) electrons. The quantitative estimate of drug-likeness (QED) is 0.342. The van der Waals surface area contributed by atoms with E-state index in [9.17, 15) is 19.3 Å². The third-order valence-corrected chi connectivity index (χ3v) is 4.91. The number of nitrogens with one attached hydrogen (secondary N) is 2. The van der Waals surface area contributed by atoms with Gasteiger partial charge in [0.25, 0.3) is 0 Å². The third kappa shape index (κ3) is 5.47. The first-order valence-electron chi connectivity index (χ1n) is 9.10. The van der Waals surface area contributed by atoms with E-state index < -0.39 is 24.1 Å². The molecule has 11 nitrogen and oxygen atoms in total. The van der Waals surface area contributed by atoms with Gasteiger partial charge in [-0.1, -0.05) is 12.2 Å². The first-order valence-corrected chi connectivity index (χ1v) is 10.1. The van der Waals surface area contributed by atoms with E-state index >= 15 is 0 Å². The Hall–Kier alpha value is -3.14. The second-order valence-corrected chi connectivity index (χ2v) is 7.13. The summed E-state index contributed by atoms with van der Waals surface area (Å²) in [5, 5.41) is 12.7. The van der Waals surface area contributed by atoms with Crippen LogP contribution in [0, 0.1) is 0 Å². The van der Waals surface area contributed by atoms with Crippen molar-refractivity contribution in [3.05, 3.63) is 52.6 Å². The van der Waals surface area contributed by atoms with Crippen LogP contribution >= 0.6 is 8.46 Å². The lowest BCUT2D eigenvalue weighted by Gasteiger charge is -2.15. The van der Waals surface area contributed by atoms with Crippen molar-refractivity contribution < 1.29 is 19.2 Å². The van der Waals surface area contributed by atoms with Gasteiger partial charge in [0.05, 0.1) is 36.6 Å². The highest BCUT2D eigenvalue weighted by molar-refractivity contribution is 7.23. The monoisotopic (exact) mass is 432 g/mol. The van der Waals surface area contributed by atoms with Crippen molar-refractivity contribution >= 4 is 32.3 Å². The first-order chi connectivity index (χ1) is 14.5. The van der Waals surface area contributed by atoms with Crippen molar-refractivity contribution in [3.8, 4) is 0 Å². The number of nitrogen functional groups attached to an aromatic ring is 1. The van der Waals surface area contributed by atoms with Gasteiger partial charge in [-0.3, -0.25) is 13.9 Å². The zero-order valence-electron chi connectivity index (χ0n) is 15.8. The Balaban J connectivity index is 1.62. The molecule has 0 aliphatic carbocycles. The summed E-state index contributed by atoms with van der Waals surface area (Å²) in [5.74, 6) is -0.256. The molecule has 0 bridgehead atoms. The van der Waals surface area contributed by atoms with Crippen LogP contribution in [0.3, 0.4) is 0 Å². The molecule has 3 unspecified atom stereocenters. The number of nitrogens with zero attached hydrogens (tertiary/aromatic N) is 3. The highest BCUT2D eigenvalue weighted by Crippen LogP contribution is 2.29. The lowest BCUT2D eigenvalue weighted by atomic mass is 10.2. The number of hydrogen-bond donors (Lipinski definition) is 4. The van der Waals surface area contributed by atoms with Gasteiger partial charge in [0, 0.05) is 30.8 Å². The molecular formula is C18H21N6O5P. The maximum Gasteiger partial charge on any atom is 0.351 e. The number of ether oxygens (including phenoxy) is 1. The molecule has 1 aliphatic heterocycles. The number of aromatic amines is 1. The van der Waals surface area contributed by atoms with Gasteiger partial charge in [-0.05, 0) is 6.08 Å². The Morgan fingerprint density at radius 2 is 2.33 bits per heavy atom. The van der Waals surface area contributed by atoms with Gasteiger partial charge in [-0.2, -0.15) is 4.98 Å². The molecule has 12 heteroatoms. The molecule has 5 N–H and O–H groups in total.